The Labute approximate surface area is 178 Å². The van der Waals surface area contributed by atoms with Crippen LogP contribution < -0.4 is 10.6 Å². The molecular weight excluding hydrogens is 383 g/mol. The van der Waals surface area contributed by atoms with Crippen molar-refractivity contribution in [1.29, 1.82) is 0 Å². The molecule has 0 saturated carbocycles. The highest BCUT2D eigenvalue weighted by molar-refractivity contribution is 5.79. The molecule has 2 aromatic rings. The van der Waals surface area contributed by atoms with Gasteiger partial charge in [0, 0.05) is 44.6 Å². The number of halogens is 1. The van der Waals surface area contributed by atoms with Gasteiger partial charge < -0.3 is 19.9 Å². The summed E-state index contributed by atoms with van der Waals surface area (Å²) < 4.78 is 21.6. The summed E-state index contributed by atoms with van der Waals surface area (Å²) in [6.45, 7) is 12.0. The molecule has 1 fully saturated rings. The van der Waals surface area contributed by atoms with E-state index in [0.717, 1.165) is 50.9 Å². The maximum atomic E-state index is 14.5. The Morgan fingerprint density at radius 2 is 2.07 bits per heavy atom. The fourth-order valence-corrected chi connectivity index (χ4v) is 3.67. The van der Waals surface area contributed by atoms with Crippen LogP contribution in [0.4, 0.5) is 4.39 Å². The summed E-state index contributed by atoms with van der Waals surface area (Å²) in [7, 11) is 0. The second kappa shape index (κ2) is 11.1. The number of imidazole rings is 1. The summed E-state index contributed by atoms with van der Waals surface area (Å²) in [5, 5.41) is 6.76. The lowest BCUT2D eigenvalue weighted by Gasteiger charge is -2.37. The number of guanidine groups is 1. The van der Waals surface area contributed by atoms with Gasteiger partial charge in [-0.15, -0.1) is 0 Å². The van der Waals surface area contributed by atoms with Crippen molar-refractivity contribution in [3.05, 3.63) is 48.3 Å². The molecule has 0 amide bonds. The van der Waals surface area contributed by atoms with E-state index in [1.165, 1.54) is 6.07 Å². The van der Waals surface area contributed by atoms with Crippen molar-refractivity contribution in [1.82, 2.24) is 25.1 Å². The van der Waals surface area contributed by atoms with Gasteiger partial charge in [-0.3, -0.25) is 4.90 Å². The Morgan fingerprint density at radius 3 is 2.70 bits per heavy atom. The van der Waals surface area contributed by atoms with Crippen molar-refractivity contribution in [3.63, 3.8) is 0 Å². The number of hydrogen-bond acceptors (Lipinski definition) is 4. The molecule has 3 rings (SSSR count). The monoisotopic (exact) mass is 416 g/mol. The standard InChI is InChI=1S/C22H33FN6O/c1-4-25-22(27-15-21(17(2)3)28-9-11-30-12-10-28)26-14-18-5-6-20(19(23)13-18)29-8-7-24-16-29/h5-8,13,16-17,21H,4,9-12,14-15H2,1-3H3,(H2,25,26,27). The van der Waals surface area contributed by atoms with E-state index >= 15 is 0 Å². The van der Waals surface area contributed by atoms with E-state index in [0.29, 0.717) is 24.2 Å². The van der Waals surface area contributed by atoms with Crippen LogP contribution in [0.5, 0.6) is 0 Å². The van der Waals surface area contributed by atoms with Gasteiger partial charge in [0.1, 0.15) is 5.82 Å². The van der Waals surface area contributed by atoms with Gasteiger partial charge in [0.05, 0.1) is 31.8 Å². The fraction of sp³-hybridized carbons (Fsp3) is 0.545. The SMILES string of the molecule is CCNC(=NCc1ccc(-n2ccnc2)c(F)c1)NCC(C(C)C)N1CCOCC1. The highest BCUT2D eigenvalue weighted by Gasteiger charge is 2.23. The Bertz CT molecular complexity index is 802. The van der Waals surface area contributed by atoms with Crippen LogP contribution in [0.25, 0.3) is 5.69 Å². The van der Waals surface area contributed by atoms with Gasteiger partial charge in [0.15, 0.2) is 5.96 Å². The zero-order chi connectivity index (χ0) is 21.3. The first kappa shape index (κ1) is 22.2. The maximum Gasteiger partial charge on any atom is 0.191 e. The number of benzene rings is 1. The molecule has 0 bridgehead atoms. The molecule has 1 unspecified atom stereocenters. The minimum Gasteiger partial charge on any atom is -0.379 e. The Morgan fingerprint density at radius 1 is 1.27 bits per heavy atom. The molecule has 1 aliphatic heterocycles. The van der Waals surface area contributed by atoms with Gasteiger partial charge in [-0.25, -0.2) is 14.4 Å². The van der Waals surface area contributed by atoms with E-state index in [1.807, 2.05) is 13.0 Å². The van der Waals surface area contributed by atoms with Gasteiger partial charge in [0.25, 0.3) is 0 Å². The summed E-state index contributed by atoms with van der Waals surface area (Å²) >= 11 is 0. The highest BCUT2D eigenvalue weighted by Crippen LogP contribution is 2.16. The third kappa shape index (κ3) is 6.03. The summed E-state index contributed by atoms with van der Waals surface area (Å²) in [4.78, 5) is 11.1. The zero-order valence-electron chi connectivity index (χ0n) is 18.1. The van der Waals surface area contributed by atoms with Crippen molar-refractivity contribution in [3.8, 4) is 5.69 Å². The molecule has 30 heavy (non-hydrogen) atoms. The number of rotatable bonds is 8. The molecule has 2 heterocycles. The number of ether oxygens (including phenoxy) is 1. The van der Waals surface area contributed by atoms with E-state index in [1.54, 1.807) is 29.4 Å². The lowest BCUT2D eigenvalue weighted by molar-refractivity contribution is 0.00752. The van der Waals surface area contributed by atoms with Crippen molar-refractivity contribution < 1.29 is 9.13 Å². The van der Waals surface area contributed by atoms with Crippen molar-refractivity contribution in [2.24, 2.45) is 10.9 Å². The van der Waals surface area contributed by atoms with E-state index < -0.39 is 0 Å². The predicted molar refractivity (Wildman–Crippen MR) is 117 cm³/mol. The van der Waals surface area contributed by atoms with Gasteiger partial charge in [-0.1, -0.05) is 19.9 Å². The normalized spacial score (nSPS) is 16.6. The summed E-state index contributed by atoms with van der Waals surface area (Å²) in [6, 6.07) is 5.60. The number of nitrogens with zero attached hydrogens (tertiary/aromatic N) is 4. The van der Waals surface area contributed by atoms with Crippen LogP contribution in [0.3, 0.4) is 0 Å². The average Bonchev–Trinajstić information content (AvgIpc) is 3.27. The predicted octanol–water partition coefficient (Wildman–Crippen LogP) is 2.42. The van der Waals surface area contributed by atoms with Gasteiger partial charge >= 0.3 is 0 Å². The molecule has 1 atom stereocenters. The average molecular weight is 417 g/mol. The van der Waals surface area contributed by atoms with Crippen LogP contribution in [0.2, 0.25) is 0 Å². The van der Waals surface area contributed by atoms with Crippen LogP contribution in [-0.2, 0) is 11.3 Å². The fourth-order valence-electron chi connectivity index (χ4n) is 3.67. The first-order valence-electron chi connectivity index (χ1n) is 10.7. The van der Waals surface area contributed by atoms with E-state index in [2.05, 4.69) is 39.4 Å². The molecule has 1 saturated heterocycles. The lowest BCUT2D eigenvalue weighted by atomic mass is 10.0. The number of hydrogen-bond donors (Lipinski definition) is 2. The third-order valence-electron chi connectivity index (χ3n) is 5.32. The molecule has 0 spiro atoms. The minimum absolute atomic E-state index is 0.286. The van der Waals surface area contributed by atoms with Crippen LogP contribution >= 0.6 is 0 Å². The third-order valence-corrected chi connectivity index (χ3v) is 5.32. The molecule has 1 aliphatic rings. The topological polar surface area (TPSA) is 66.7 Å². The van der Waals surface area contributed by atoms with Crippen molar-refractivity contribution in [2.45, 2.75) is 33.4 Å². The number of aromatic nitrogens is 2. The highest BCUT2D eigenvalue weighted by atomic mass is 19.1. The Balaban J connectivity index is 1.63. The molecule has 8 heteroatoms. The molecule has 2 N–H and O–H groups in total. The van der Waals surface area contributed by atoms with Crippen LogP contribution in [0.1, 0.15) is 26.3 Å². The number of aliphatic imine (C=N–C) groups is 1. The number of nitrogens with one attached hydrogen (secondary N) is 2. The van der Waals surface area contributed by atoms with E-state index in [9.17, 15) is 4.39 Å². The second-order valence-electron chi connectivity index (χ2n) is 7.79. The quantitative estimate of drug-likeness (QED) is 0.511. The smallest absolute Gasteiger partial charge is 0.191 e. The largest absolute Gasteiger partial charge is 0.379 e. The number of morpholine rings is 1. The van der Waals surface area contributed by atoms with Gasteiger partial charge in [-0.05, 0) is 30.5 Å². The molecule has 1 aromatic carbocycles. The van der Waals surface area contributed by atoms with Crippen LogP contribution in [0.15, 0.2) is 41.9 Å². The van der Waals surface area contributed by atoms with Crippen LogP contribution in [0, 0.1) is 11.7 Å². The molecule has 164 valence electrons. The molecular formula is C22H33FN6O. The first-order chi connectivity index (χ1) is 14.6. The molecule has 7 nitrogen and oxygen atoms in total. The van der Waals surface area contributed by atoms with Crippen LogP contribution in [-0.4, -0.2) is 65.8 Å². The zero-order valence-corrected chi connectivity index (χ0v) is 18.1. The minimum atomic E-state index is -0.286. The van der Waals surface area contributed by atoms with Crippen molar-refractivity contribution in [2.75, 3.05) is 39.4 Å². The molecule has 0 aliphatic carbocycles. The molecule has 1 aromatic heterocycles. The van der Waals surface area contributed by atoms with Gasteiger partial charge in [-0.2, -0.15) is 0 Å². The molecule has 0 radical (unpaired) electrons. The Kier molecular flexibility index (Phi) is 8.21. The summed E-state index contributed by atoms with van der Waals surface area (Å²) in [5.41, 5.74) is 1.30. The first-order valence-corrected chi connectivity index (χ1v) is 10.7. The van der Waals surface area contributed by atoms with Crippen molar-refractivity contribution >= 4 is 5.96 Å². The second-order valence-corrected chi connectivity index (χ2v) is 7.79. The lowest BCUT2D eigenvalue weighted by Crippen LogP contribution is -2.52. The van der Waals surface area contributed by atoms with Gasteiger partial charge in [0.2, 0.25) is 0 Å². The maximum absolute atomic E-state index is 14.5. The summed E-state index contributed by atoms with van der Waals surface area (Å²) in [6.07, 6.45) is 4.94. The summed E-state index contributed by atoms with van der Waals surface area (Å²) in [5.74, 6) is 0.977. The Hall–Kier alpha value is -2.45. The van der Waals surface area contributed by atoms with E-state index in [4.69, 9.17) is 4.74 Å². The van der Waals surface area contributed by atoms with E-state index in [-0.39, 0.29) is 5.82 Å².